The van der Waals surface area contributed by atoms with Crippen molar-refractivity contribution in [2.45, 2.75) is 0 Å². The minimum Gasteiger partial charge on any atom is -0.324 e. The van der Waals surface area contributed by atoms with E-state index in [0.29, 0.717) is 34.3 Å². The molecule has 0 spiro atoms. The van der Waals surface area contributed by atoms with Gasteiger partial charge in [-0.25, -0.2) is 18.9 Å². The first-order valence-corrected chi connectivity index (χ1v) is 12.4. The zero-order chi connectivity index (χ0) is 25.2. The Bertz CT molecular complexity index is 1730. The number of thiophene rings is 1. The van der Waals surface area contributed by atoms with Gasteiger partial charge >= 0.3 is 0 Å². The number of benzene rings is 2. The highest BCUT2D eigenvalue weighted by atomic mass is 32.1. The average Bonchev–Trinajstić information content (AvgIpc) is 3.58. The van der Waals surface area contributed by atoms with Gasteiger partial charge in [-0.15, -0.1) is 0 Å². The Morgan fingerprint density at radius 1 is 0.946 bits per heavy atom. The molecule has 7 nitrogen and oxygen atoms in total. The lowest BCUT2D eigenvalue weighted by atomic mass is 10.0. The van der Waals surface area contributed by atoms with Gasteiger partial charge < -0.3 is 10.6 Å². The fraction of sp³-hybridized carbons (Fsp3) is 0. The molecule has 37 heavy (non-hydrogen) atoms. The third-order valence-electron chi connectivity index (χ3n) is 5.71. The quantitative estimate of drug-likeness (QED) is 0.264. The van der Waals surface area contributed by atoms with Gasteiger partial charge in [0.2, 0.25) is 5.95 Å². The summed E-state index contributed by atoms with van der Waals surface area (Å²) >= 11 is 1.47. The molecule has 2 aromatic carbocycles. The summed E-state index contributed by atoms with van der Waals surface area (Å²) in [6.07, 6.45) is 3.52. The van der Waals surface area contributed by atoms with Gasteiger partial charge in [0.25, 0.3) is 5.91 Å². The Morgan fingerprint density at radius 2 is 1.84 bits per heavy atom. The summed E-state index contributed by atoms with van der Waals surface area (Å²) in [5.41, 5.74) is 5.67. The van der Waals surface area contributed by atoms with Crippen molar-refractivity contribution in [2.24, 2.45) is 0 Å². The van der Waals surface area contributed by atoms with Crippen molar-refractivity contribution in [2.75, 3.05) is 10.6 Å². The largest absolute Gasteiger partial charge is 0.324 e. The van der Waals surface area contributed by atoms with Gasteiger partial charge in [0.05, 0.1) is 22.3 Å². The van der Waals surface area contributed by atoms with Crippen LogP contribution in [0.4, 0.5) is 21.7 Å². The van der Waals surface area contributed by atoms with Crippen molar-refractivity contribution in [1.29, 1.82) is 0 Å². The molecule has 6 aromatic rings. The lowest BCUT2D eigenvalue weighted by molar-refractivity contribution is 0.102. The zero-order valence-electron chi connectivity index (χ0n) is 19.3. The number of rotatable bonds is 6. The Labute approximate surface area is 215 Å². The summed E-state index contributed by atoms with van der Waals surface area (Å²) in [6.45, 7) is 0. The van der Waals surface area contributed by atoms with Crippen LogP contribution in [-0.2, 0) is 0 Å². The molecule has 0 saturated heterocycles. The minimum absolute atomic E-state index is 0.169. The number of amides is 1. The number of hydrogen-bond acceptors (Lipinski definition) is 6. The maximum Gasteiger partial charge on any atom is 0.256 e. The summed E-state index contributed by atoms with van der Waals surface area (Å²) < 4.78 is 15.5. The van der Waals surface area contributed by atoms with E-state index in [1.807, 2.05) is 65.5 Å². The van der Waals surface area contributed by atoms with Crippen molar-refractivity contribution in [1.82, 2.24) is 19.6 Å². The van der Waals surface area contributed by atoms with Crippen LogP contribution in [0.1, 0.15) is 10.4 Å². The van der Waals surface area contributed by atoms with Crippen LogP contribution < -0.4 is 10.6 Å². The first kappa shape index (κ1) is 22.6. The van der Waals surface area contributed by atoms with Crippen LogP contribution in [0, 0.1) is 5.82 Å². The maximum atomic E-state index is 13.7. The highest BCUT2D eigenvalue weighted by Gasteiger charge is 2.19. The van der Waals surface area contributed by atoms with Crippen molar-refractivity contribution in [3.63, 3.8) is 0 Å². The van der Waals surface area contributed by atoms with E-state index in [2.05, 4.69) is 15.6 Å². The molecule has 0 aliphatic rings. The van der Waals surface area contributed by atoms with E-state index in [0.717, 1.165) is 16.6 Å². The molecule has 6 rings (SSSR count). The van der Waals surface area contributed by atoms with E-state index in [1.165, 1.54) is 23.5 Å². The predicted octanol–water partition coefficient (Wildman–Crippen LogP) is 6.65. The summed E-state index contributed by atoms with van der Waals surface area (Å²) in [5, 5.41) is 14.5. The fourth-order valence-electron chi connectivity index (χ4n) is 4.05. The second-order valence-electron chi connectivity index (χ2n) is 8.20. The zero-order valence-corrected chi connectivity index (χ0v) is 20.1. The van der Waals surface area contributed by atoms with E-state index in [-0.39, 0.29) is 11.7 Å². The van der Waals surface area contributed by atoms with Crippen LogP contribution >= 0.6 is 11.3 Å². The number of nitrogens with one attached hydrogen (secondary N) is 2. The Balaban J connectivity index is 1.41. The van der Waals surface area contributed by atoms with E-state index in [4.69, 9.17) is 10.1 Å². The minimum atomic E-state index is -0.350. The summed E-state index contributed by atoms with van der Waals surface area (Å²) in [7, 11) is 0. The van der Waals surface area contributed by atoms with E-state index >= 15 is 0 Å². The van der Waals surface area contributed by atoms with Crippen LogP contribution in [-0.4, -0.2) is 25.5 Å². The first-order valence-electron chi connectivity index (χ1n) is 11.4. The van der Waals surface area contributed by atoms with Gasteiger partial charge in [0, 0.05) is 34.7 Å². The molecule has 0 fully saturated rings. The van der Waals surface area contributed by atoms with E-state index in [1.54, 1.807) is 28.9 Å². The SMILES string of the molecule is O=C(Nc1cccc(-c2nn3ccccc3c2-c2ccnc(Nc3cccc(F)c3)n2)c1)c1ccsc1. The topological polar surface area (TPSA) is 84.2 Å². The van der Waals surface area contributed by atoms with E-state index < -0.39 is 0 Å². The molecule has 0 saturated carbocycles. The number of anilines is 3. The van der Waals surface area contributed by atoms with Gasteiger partial charge in [-0.3, -0.25) is 4.79 Å². The van der Waals surface area contributed by atoms with Crippen molar-refractivity contribution < 1.29 is 9.18 Å². The van der Waals surface area contributed by atoms with Crippen molar-refractivity contribution in [3.05, 3.63) is 113 Å². The lowest BCUT2D eigenvalue weighted by Crippen LogP contribution is -2.10. The molecule has 4 heterocycles. The van der Waals surface area contributed by atoms with E-state index in [9.17, 15) is 9.18 Å². The summed E-state index contributed by atoms with van der Waals surface area (Å²) in [4.78, 5) is 21.6. The normalized spacial score (nSPS) is 10.9. The molecular weight excluding hydrogens is 487 g/mol. The third-order valence-corrected chi connectivity index (χ3v) is 6.39. The smallest absolute Gasteiger partial charge is 0.256 e. The number of pyridine rings is 1. The average molecular weight is 507 g/mol. The van der Waals surface area contributed by atoms with Crippen molar-refractivity contribution in [3.8, 4) is 22.5 Å². The summed E-state index contributed by atoms with van der Waals surface area (Å²) in [6, 6.07) is 23.1. The molecule has 2 N–H and O–H groups in total. The number of halogens is 1. The van der Waals surface area contributed by atoms with Gasteiger partial charge in [0.1, 0.15) is 11.5 Å². The first-order chi connectivity index (χ1) is 18.1. The standard InChI is InChI=1S/C28H19FN6OS/c29-20-6-4-8-22(16-20)32-28-30-12-10-23(33-28)25-24-9-1-2-13-35(24)34-26(25)18-5-3-7-21(15-18)31-27(36)19-11-14-37-17-19/h1-17H,(H,31,36)(H,30,32,33). The molecule has 180 valence electrons. The maximum absolute atomic E-state index is 13.7. The Morgan fingerprint density at radius 3 is 2.70 bits per heavy atom. The van der Waals surface area contributed by atoms with Crippen LogP contribution in [0.25, 0.3) is 28.0 Å². The number of aromatic nitrogens is 4. The second kappa shape index (κ2) is 9.63. The number of carbonyl (C=O) groups excluding carboxylic acids is 1. The highest BCUT2D eigenvalue weighted by Crippen LogP contribution is 2.35. The lowest BCUT2D eigenvalue weighted by Gasteiger charge is -2.09. The van der Waals surface area contributed by atoms with Crippen LogP contribution in [0.5, 0.6) is 0 Å². The number of carbonyl (C=O) groups is 1. The monoisotopic (exact) mass is 506 g/mol. The Kier molecular flexibility index (Phi) is 5.88. The van der Waals surface area contributed by atoms with Gasteiger partial charge in [0.15, 0.2) is 0 Å². The van der Waals surface area contributed by atoms with Crippen LogP contribution in [0.2, 0.25) is 0 Å². The Hall–Kier alpha value is -4.89. The van der Waals surface area contributed by atoms with Gasteiger partial charge in [-0.1, -0.05) is 24.3 Å². The molecule has 1 amide bonds. The second-order valence-corrected chi connectivity index (χ2v) is 8.98. The third kappa shape index (κ3) is 4.67. The molecule has 0 atom stereocenters. The predicted molar refractivity (Wildman–Crippen MR) is 144 cm³/mol. The summed E-state index contributed by atoms with van der Waals surface area (Å²) in [5.74, 6) is -0.185. The van der Waals surface area contributed by atoms with Crippen molar-refractivity contribution >= 4 is 40.1 Å². The molecule has 4 aromatic heterocycles. The molecule has 0 bridgehead atoms. The molecule has 9 heteroatoms. The number of nitrogens with zero attached hydrogens (tertiary/aromatic N) is 4. The molecule has 0 aliphatic heterocycles. The molecule has 0 unspecified atom stereocenters. The van der Waals surface area contributed by atoms with Crippen LogP contribution in [0.15, 0.2) is 102 Å². The fourth-order valence-corrected chi connectivity index (χ4v) is 4.68. The van der Waals surface area contributed by atoms with Crippen LogP contribution in [0.3, 0.4) is 0 Å². The highest BCUT2D eigenvalue weighted by molar-refractivity contribution is 7.08. The van der Waals surface area contributed by atoms with Gasteiger partial charge in [-0.05, 0) is 60.0 Å². The number of fused-ring (bicyclic) bond motifs is 1. The number of hydrogen-bond donors (Lipinski definition) is 2. The molecule has 0 radical (unpaired) electrons. The molecular formula is C28H19FN6OS. The van der Waals surface area contributed by atoms with Gasteiger partial charge in [-0.2, -0.15) is 16.4 Å². The molecule has 0 aliphatic carbocycles.